The molecule has 0 heterocycles. The Hall–Kier alpha value is -0.610. The average Bonchev–Trinajstić information content (AvgIpc) is 2.13. The van der Waals surface area contributed by atoms with Crippen LogP contribution in [0.5, 0.6) is 0 Å². The van der Waals surface area contributed by atoms with Crippen LogP contribution >= 0.6 is 0 Å². The van der Waals surface area contributed by atoms with Crippen molar-refractivity contribution in [3.63, 3.8) is 0 Å². The Bertz CT molecular complexity index is 170. The third-order valence-corrected chi connectivity index (χ3v) is 1.98. The molecule has 0 aromatic carbocycles. The van der Waals surface area contributed by atoms with Crippen LogP contribution in [0.1, 0.15) is 33.6 Å². The van der Waals surface area contributed by atoms with E-state index in [1.54, 1.807) is 6.92 Å². The van der Waals surface area contributed by atoms with Gasteiger partial charge in [0.2, 0.25) is 5.91 Å². The molecule has 3 N–H and O–H groups in total. The van der Waals surface area contributed by atoms with E-state index in [9.17, 15) is 4.79 Å². The second-order valence-corrected chi connectivity index (χ2v) is 4.34. The van der Waals surface area contributed by atoms with Crippen molar-refractivity contribution >= 4 is 5.91 Å². The fourth-order valence-corrected chi connectivity index (χ4v) is 1.04. The van der Waals surface area contributed by atoms with E-state index in [2.05, 4.69) is 24.5 Å². The molecule has 0 saturated heterocycles. The van der Waals surface area contributed by atoms with Crippen LogP contribution in [0.15, 0.2) is 0 Å². The van der Waals surface area contributed by atoms with Crippen LogP contribution in [0.3, 0.4) is 0 Å². The molecule has 4 heteroatoms. The summed E-state index contributed by atoms with van der Waals surface area (Å²) in [5.74, 6) is 0.588. The van der Waals surface area contributed by atoms with E-state index >= 15 is 0 Å². The Balaban J connectivity index is 3.24. The van der Waals surface area contributed by atoms with E-state index in [0.717, 1.165) is 19.5 Å². The van der Waals surface area contributed by atoms with Gasteiger partial charge in [0.15, 0.2) is 0 Å². The highest BCUT2D eigenvalue weighted by Gasteiger charge is 2.01. The summed E-state index contributed by atoms with van der Waals surface area (Å²) in [4.78, 5) is 11.2. The van der Waals surface area contributed by atoms with Crippen LogP contribution in [0.4, 0.5) is 0 Å². The molecule has 0 saturated carbocycles. The number of amides is 1. The maximum atomic E-state index is 11.2. The molecule has 1 atom stereocenters. The zero-order valence-corrected chi connectivity index (χ0v) is 10.0. The number of nitrogens with one attached hydrogen (secondary N) is 2. The molecule has 0 aromatic heterocycles. The van der Waals surface area contributed by atoms with Crippen LogP contribution in [-0.2, 0) is 4.79 Å². The molecule has 0 rings (SSSR count). The number of aliphatic hydroxyl groups is 1. The largest absolute Gasteiger partial charge is 0.393 e. The first-order valence-corrected chi connectivity index (χ1v) is 5.68. The third kappa shape index (κ3) is 11.3. The summed E-state index contributed by atoms with van der Waals surface area (Å²) in [6, 6.07) is 0. The summed E-state index contributed by atoms with van der Waals surface area (Å²) >= 11 is 0. The van der Waals surface area contributed by atoms with Gasteiger partial charge in [0.1, 0.15) is 0 Å². The van der Waals surface area contributed by atoms with Crippen molar-refractivity contribution in [1.29, 1.82) is 0 Å². The highest BCUT2D eigenvalue weighted by molar-refractivity contribution is 5.76. The van der Waals surface area contributed by atoms with Crippen molar-refractivity contribution in [3.05, 3.63) is 0 Å². The number of carbonyl (C=O) groups is 1. The molecule has 90 valence electrons. The smallest absolute Gasteiger partial charge is 0.221 e. The van der Waals surface area contributed by atoms with Gasteiger partial charge in [-0.1, -0.05) is 13.8 Å². The van der Waals surface area contributed by atoms with Gasteiger partial charge < -0.3 is 15.7 Å². The Morgan fingerprint density at radius 1 is 1.27 bits per heavy atom. The summed E-state index contributed by atoms with van der Waals surface area (Å²) in [7, 11) is 0. The lowest BCUT2D eigenvalue weighted by molar-refractivity contribution is -0.121. The Morgan fingerprint density at radius 2 is 1.93 bits per heavy atom. The van der Waals surface area contributed by atoms with Crippen molar-refractivity contribution in [2.75, 3.05) is 19.6 Å². The zero-order valence-electron chi connectivity index (χ0n) is 10.0. The van der Waals surface area contributed by atoms with Crippen LogP contribution in [0.2, 0.25) is 0 Å². The van der Waals surface area contributed by atoms with Crippen molar-refractivity contribution in [2.24, 2.45) is 5.92 Å². The summed E-state index contributed by atoms with van der Waals surface area (Å²) in [5, 5.41) is 15.0. The molecule has 0 radical (unpaired) electrons. The van der Waals surface area contributed by atoms with Crippen molar-refractivity contribution < 1.29 is 9.90 Å². The number of rotatable bonds is 8. The Kier molecular flexibility index (Phi) is 8.33. The second-order valence-electron chi connectivity index (χ2n) is 4.34. The van der Waals surface area contributed by atoms with Crippen LogP contribution in [0.25, 0.3) is 0 Å². The van der Waals surface area contributed by atoms with Crippen LogP contribution < -0.4 is 10.6 Å². The highest BCUT2D eigenvalue weighted by atomic mass is 16.3. The molecule has 0 fully saturated rings. The molecule has 15 heavy (non-hydrogen) atoms. The fraction of sp³-hybridized carbons (Fsp3) is 0.909. The first-order chi connectivity index (χ1) is 7.02. The van der Waals surface area contributed by atoms with Gasteiger partial charge in [-0.3, -0.25) is 4.79 Å². The summed E-state index contributed by atoms with van der Waals surface area (Å²) in [6.45, 7) is 8.08. The SMILES string of the molecule is CC(C)CNC(=O)CCNCCC(C)O. The monoisotopic (exact) mass is 216 g/mol. The van der Waals surface area contributed by atoms with Crippen LogP contribution in [-0.4, -0.2) is 36.8 Å². The van der Waals surface area contributed by atoms with Gasteiger partial charge in [-0.25, -0.2) is 0 Å². The predicted molar refractivity (Wildman–Crippen MR) is 61.6 cm³/mol. The summed E-state index contributed by atoms with van der Waals surface area (Å²) in [5.41, 5.74) is 0. The van der Waals surface area contributed by atoms with Crippen molar-refractivity contribution in [3.8, 4) is 0 Å². The molecule has 0 aliphatic heterocycles. The zero-order chi connectivity index (χ0) is 11.7. The molecule has 0 aromatic rings. The molecule has 0 bridgehead atoms. The minimum Gasteiger partial charge on any atom is -0.393 e. The first kappa shape index (κ1) is 14.4. The standard InChI is InChI=1S/C11H24N2O2/c1-9(2)8-13-11(15)5-7-12-6-4-10(3)14/h9-10,12,14H,4-8H2,1-3H3,(H,13,15). The van der Waals surface area contributed by atoms with Gasteiger partial charge in [-0.2, -0.15) is 0 Å². The average molecular weight is 216 g/mol. The van der Waals surface area contributed by atoms with Gasteiger partial charge in [-0.15, -0.1) is 0 Å². The summed E-state index contributed by atoms with van der Waals surface area (Å²) < 4.78 is 0. The number of hydrogen-bond acceptors (Lipinski definition) is 3. The lowest BCUT2D eigenvalue weighted by atomic mass is 10.2. The topological polar surface area (TPSA) is 61.4 Å². The van der Waals surface area contributed by atoms with Crippen LogP contribution in [0, 0.1) is 5.92 Å². The van der Waals surface area contributed by atoms with Gasteiger partial charge in [0.05, 0.1) is 6.10 Å². The normalized spacial score (nSPS) is 12.9. The maximum absolute atomic E-state index is 11.2. The van der Waals surface area contributed by atoms with Gasteiger partial charge in [-0.05, 0) is 25.8 Å². The van der Waals surface area contributed by atoms with Crippen molar-refractivity contribution in [1.82, 2.24) is 10.6 Å². The minimum absolute atomic E-state index is 0.0910. The molecular weight excluding hydrogens is 192 g/mol. The van der Waals surface area contributed by atoms with E-state index in [4.69, 9.17) is 5.11 Å². The quantitative estimate of drug-likeness (QED) is 0.518. The fourth-order valence-electron chi connectivity index (χ4n) is 1.04. The lowest BCUT2D eigenvalue weighted by Crippen LogP contribution is -2.30. The Labute approximate surface area is 92.4 Å². The second kappa shape index (κ2) is 8.68. The molecule has 1 amide bonds. The third-order valence-electron chi connectivity index (χ3n) is 1.98. The predicted octanol–water partition coefficient (Wildman–Crippen LogP) is 0.509. The van der Waals surface area contributed by atoms with Gasteiger partial charge >= 0.3 is 0 Å². The minimum atomic E-state index is -0.271. The van der Waals surface area contributed by atoms with E-state index < -0.39 is 0 Å². The van der Waals surface area contributed by atoms with Crippen molar-refractivity contribution in [2.45, 2.75) is 39.7 Å². The molecule has 0 aliphatic rings. The van der Waals surface area contributed by atoms with E-state index in [1.807, 2.05) is 0 Å². The Morgan fingerprint density at radius 3 is 2.47 bits per heavy atom. The van der Waals surface area contributed by atoms with Gasteiger partial charge in [0, 0.05) is 19.5 Å². The molecule has 0 aliphatic carbocycles. The summed E-state index contributed by atoms with van der Waals surface area (Å²) in [6.07, 6.45) is 0.965. The van der Waals surface area contributed by atoms with E-state index in [-0.39, 0.29) is 12.0 Å². The van der Waals surface area contributed by atoms with E-state index in [1.165, 1.54) is 0 Å². The first-order valence-electron chi connectivity index (χ1n) is 5.68. The maximum Gasteiger partial charge on any atom is 0.221 e. The highest BCUT2D eigenvalue weighted by Crippen LogP contribution is 1.89. The van der Waals surface area contributed by atoms with E-state index in [0.29, 0.717) is 18.9 Å². The lowest BCUT2D eigenvalue weighted by Gasteiger charge is -2.08. The number of hydrogen-bond donors (Lipinski definition) is 3. The number of carbonyl (C=O) groups excluding carboxylic acids is 1. The molecule has 4 nitrogen and oxygen atoms in total. The molecule has 1 unspecified atom stereocenters. The molecular formula is C11H24N2O2. The number of aliphatic hydroxyl groups excluding tert-OH is 1. The van der Waals surface area contributed by atoms with Gasteiger partial charge in [0.25, 0.3) is 0 Å². The molecule has 0 spiro atoms.